The minimum absolute atomic E-state index is 0.0202. The molecule has 0 atom stereocenters. The van der Waals surface area contributed by atoms with E-state index in [4.69, 9.17) is 14.2 Å². The van der Waals surface area contributed by atoms with Crippen LogP contribution in [-0.4, -0.2) is 50.4 Å². The van der Waals surface area contributed by atoms with Gasteiger partial charge in [0.2, 0.25) is 11.7 Å². The highest BCUT2D eigenvalue weighted by Gasteiger charge is 2.42. The molecule has 11 heteroatoms. The number of carbonyl (C=O) groups excluding carboxylic acids is 3. The van der Waals surface area contributed by atoms with E-state index < -0.39 is 29.1 Å². The molecule has 0 saturated carbocycles. The van der Waals surface area contributed by atoms with Crippen LogP contribution in [0.25, 0.3) is 0 Å². The Hall–Kier alpha value is -4.15. The molecule has 0 saturated heterocycles. The van der Waals surface area contributed by atoms with Gasteiger partial charge >= 0.3 is 0 Å². The highest BCUT2D eigenvalue weighted by molar-refractivity contribution is 6.53. The summed E-state index contributed by atoms with van der Waals surface area (Å²) in [6, 6.07) is 6.74. The second-order valence-corrected chi connectivity index (χ2v) is 6.12. The zero-order valence-corrected chi connectivity index (χ0v) is 16.3. The van der Waals surface area contributed by atoms with Crippen LogP contribution in [0, 0.1) is 10.1 Å². The van der Waals surface area contributed by atoms with Crippen molar-refractivity contribution in [2.45, 2.75) is 0 Å². The summed E-state index contributed by atoms with van der Waals surface area (Å²) >= 11 is 0. The van der Waals surface area contributed by atoms with Crippen LogP contribution >= 0.6 is 0 Å². The summed E-state index contributed by atoms with van der Waals surface area (Å²) in [7, 11) is 4.05. The van der Waals surface area contributed by atoms with Gasteiger partial charge in [0.15, 0.2) is 11.5 Å². The van der Waals surface area contributed by atoms with Crippen molar-refractivity contribution in [3.05, 3.63) is 46.0 Å². The number of amides is 2. The number of nitro benzene ring substituents is 1. The molecular weight excluding hydrogens is 398 g/mol. The second kappa shape index (κ2) is 8.07. The molecule has 2 aromatic carbocycles. The summed E-state index contributed by atoms with van der Waals surface area (Å²) in [5.74, 6) is -2.06. The maximum Gasteiger partial charge on any atom is 0.300 e. The van der Waals surface area contributed by atoms with Gasteiger partial charge in [-0.1, -0.05) is 6.07 Å². The van der Waals surface area contributed by atoms with Crippen molar-refractivity contribution >= 4 is 34.7 Å². The molecule has 1 heterocycles. The molecule has 30 heavy (non-hydrogen) atoms. The van der Waals surface area contributed by atoms with E-state index in [0.717, 1.165) is 4.90 Å². The summed E-state index contributed by atoms with van der Waals surface area (Å²) in [6.07, 6.45) is 0. The molecule has 0 spiro atoms. The summed E-state index contributed by atoms with van der Waals surface area (Å²) in [6.45, 7) is -0.501. The number of ketones is 1. The Morgan fingerprint density at radius 3 is 2.40 bits per heavy atom. The summed E-state index contributed by atoms with van der Waals surface area (Å²) in [5, 5.41) is 13.3. The first-order valence-electron chi connectivity index (χ1n) is 8.55. The van der Waals surface area contributed by atoms with E-state index in [0.29, 0.717) is 0 Å². The Labute approximate surface area is 170 Å². The number of Topliss-reactive ketones (excluding diaryl/α,β-unsaturated/α-hetero) is 1. The molecule has 0 bridgehead atoms. The lowest BCUT2D eigenvalue weighted by Gasteiger charge is -2.19. The van der Waals surface area contributed by atoms with Gasteiger partial charge in [-0.3, -0.25) is 29.4 Å². The topological polar surface area (TPSA) is 137 Å². The van der Waals surface area contributed by atoms with Crippen LogP contribution in [-0.2, 0) is 9.59 Å². The van der Waals surface area contributed by atoms with E-state index in [-0.39, 0.29) is 39.9 Å². The first-order chi connectivity index (χ1) is 14.3. The summed E-state index contributed by atoms with van der Waals surface area (Å²) in [5.41, 5.74) is 0.0708. The van der Waals surface area contributed by atoms with Crippen molar-refractivity contribution in [3.8, 4) is 17.2 Å². The number of benzene rings is 2. The van der Waals surface area contributed by atoms with Gasteiger partial charge in [0.05, 0.1) is 37.5 Å². The van der Waals surface area contributed by atoms with Crippen molar-refractivity contribution in [1.82, 2.24) is 0 Å². The first kappa shape index (κ1) is 20.6. The van der Waals surface area contributed by atoms with Crippen molar-refractivity contribution in [1.29, 1.82) is 0 Å². The SMILES string of the molecule is COc1cc2c(c(OC)c1OC)C(=O)C(=O)N2CC(=O)Nc1cccc([N+](=O)[O-])c1. The first-order valence-corrected chi connectivity index (χ1v) is 8.55. The number of fused-ring (bicyclic) bond motifs is 1. The standard InChI is InChI=1S/C19H17N3O8/c1-28-13-8-12-15(18(30-3)17(13)29-2)16(24)19(25)21(12)9-14(23)20-10-5-4-6-11(7-10)22(26)27/h4-8H,9H2,1-3H3,(H,20,23). The normalized spacial score (nSPS) is 12.4. The average Bonchev–Trinajstić information content (AvgIpc) is 2.96. The molecular formula is C19H17N3O8. The minimum Gasteiger partial charge on any atom is -0.493 e. The molecule has 1 N–H and O–H groups in total. The van der Waals surface area contributed by atoms with E-state index in [2.05, 4.69) is 5.32 Å². The van der Waals surface area contributed by atoms with Gasteiger partial charge < -0.3 is 19.5 Å². The van der Waals surface area contributed by atoms with Crippen molar-refractivity contribution in [3.63, 3.8) is 0 Å². The Morgan fingerprint density at radius 1 is 1.10 bits per heavy atom. The number of ether oxygens (including phenoxy) is 3. The van der Waals surface area contributed by atoms with Crippen LogP contribution < -0.4 is 24.4 Å². The van der Waals surface area contributed by atoms with Crippen LogP contribution in [0.2, 0.25) is 0 Å². The fourth-order valence-corrected chi connectivity index (χ4v) is 3.11. The lowest BCUT2D eigenvalue weighted by atomic mass is 10.1. The quantitative estimate of drug-likeness (QED) is 0.410. The summed E-state index contributed by atoms with van der Waals surface area (Å²) < 4.78 is 15.7. The maximum atomic E-state index is 12.5. The van der Waals surface area contributed by atoms with Crippen LogP contribution in [0.4, 0.5) is 17.1 Å². The predicted octanol–water partition coefficient (Wildman–Crippen LogP) is 1.79. The largest absolute Gasteiger partial charge is 0.493 e. The lowest BCUT2D eigenvalue weighted by Crippen LogP contribution is -2.37. The highest BCUT2D eigenvalue weighted by atomic mass is 16.6. The van der Waals surface area contributed by atoms with E-state index in [9.17, 15) is 24.5 Å². The molecule has 156 valence electrons. The number of carbonyl (C=O) groups is 3. The lowest BCUT2D eigenvalue weighted by molar-refractivity contribution is -0.384. The van der Waals surface area contributed by atoms with E-state index in [1.54, 1.807) is 0 Å². The zero-order valence-electron chi connectivity index (χ0n) is 16.3. The predicted molar refractivity (Wildman–Crippen MR) is 105 cm³/mol. The molecule has 2 amide bonds. The minimum atomic E-state index is -0.923. The van der Waals surface area contributed by atoms with E-state index >= 15 is 0 Å². The molecule has 0 fully saturated rings. The van der Waals surface area contributed by atoms with Crippen molar-refractivity contribution in [2.75, 3.05) is 38.1 Å². The molecule has 0 unspecified atom stereocenters. The molecule has 11 nitrogen and oxygen atoms in total. The number of non-ortho nitro benzene ring substituents is 1. The molecule has 0 aromatic heterocycles. The third-order valence-corrected chi connectivity index (χ3v) is 4.41. The Morgan fingerprint density at radius 2 is 1.80 bits per heavy atom. The van der Waals surface area contributed by atoms with Gasteiger partial charge in [0.25, 0.3) is 17.4 Å². The van der Waals surface area contributed by atoms with E-state index in [1.807, 2.05) is 0 Å². The number of anilines is 2. The third-order valence-electron chi connectivity index (χ3n) is 4.41. The average molecular weight is 415 g/mol. The third kappa shape index (κ3) is 3.48. The molecule has 2 aromatic rings. The molecule has 0 aliphatic carbocycles. The number of nitrogens with one attached hydrogen (secondary N) is 1. The number of hydrogen-bond acceptors (Lipinski definition) is 8. The second-order valence-electron chi connectivity index (χ2n) is 6.12. The van der Waals surface area contributed by atoms with Gasteiger partial charge in [0, 0.05) is 23.9 Å². The summed E-state index contributed by atoms with van der Waals surface area (Å²) in [4.78, 5) is 48.8. The van der Waals surface area contributed by atoms with Crippen molar-refractivity contribution < 1.29 is 33.5 Å². The Balaban J connectivity index is 1.92. The Kier molecular flexibility index (Phi) is 5.54. The van der Waals surface area contributed by atoms with Crippen LogP contribution in [0.5, 0.6) is 17.2 Å². The number of nitro groups is 1. The van der Waals surface area contributed by atoms with Gasteiger partial charge in [-0.2, -0.15) is 0 Å². The fraction of sp³-hybridized carbons (Fsp3) is 0.211. The Bertz CT molecular complexity index is 1070. The highest BCUT2D eigenvalue weighted by Crippen LogP contribution is 2.47. The van der Waals surface area contributed by atoms with Crippen molar-refractivity contribution in [2.24, 2.45) is 0 Å². The smallest absolute Gasteiger partial charge is 0.300 e. The molecule has 1 aliphatic rings. The zero-order chi connectivity index (χ0) is 22.0. The molecule has 1 aliphatic heterocycles. The van der Waals surface area contributed by atoms with Gasteiger partial charge in [-0.05, 0) is 6.07 Å². The molecule has 0 radical (unpaired) electrons. The number of nitrogens with zero attached hydrogens (tertiary/aromatic N) is 2. The molecule has 3 rings (SSSR count). The monoisotopic (exact) mass is 415 g/mol. The maximum absolute atomic E-state index is 12.5. The fourth-order valence-electron chi connectivity index (χ4n) is 3.11. The number of rotatable bonds is 7. The van der Waals surface area contributed by atoms with Gasteiger partial charge in [-0.25, -0.2) is 0 Å². The van der Waals surface area contributed by atoms with E-state index in [1.165, 1.54) is 51.7 Å². The van der Waals surface area contributed by atoms with Gasteiger partial charge in [-0.15, -0.1) is 0 Å². The van der Waals surface area contributed by atoms with Crippen LogP contribution in [0.3, 0.4) is 0 Å². The van der Waals surface area contributed by atoms with Gasteiger partial charge in [0.1, 0.15) is 6.54 Å². The van der Waals surface area contributed by atoms with Crippen LogP contribution in [0.1, 0.15) is 10.4 Å². The number of hydrogen-bond donors (Lipinski definition) is 1. The number of methoxy groups -OCH3 is 3. The van der Waals surface area contributed by atoms with Crippen LogP contribution in [0.15, 0.2) is 30.3 Å².